The first-order chi connectivity index (χ1) is 35.0. The first-order valence-electron chi connectivity index (χ1n) is 29.4. The summed E-state index contributed by atoms with van der Waals surface area (Å²) in [6, 6.07) is 0. The van der Waals surface area contributed by atoms with Crippen molar-refractivity contribution >= 4 is 17.9 Å². The van der Waals surface area contributed by atoms with Crippen LogP contribution in [0.15, 0.2) is 109 Å². The van der Waals surface area contributed by atoms with Crippen LogP contribution < -0.4 is 0 Å². The van der Waals surface area contributed by atoms with Gasteiger partial charge in [0.2, 0.25) is 0 Å². The Labute approximate surface area is 438 Å². The van der Waals surface area contributed by atoms with Crippen molar-refractivity contribution in [3.63, 3.8) is 0 Å². The summed E-state index contributed by atoms with van der Waals surface area (Å²) in [5.41, 5.74) is 0. The Hall–Kier alpha value is -3.93. The average Bonchev–Trinajstić information content (AvgIpc) is 3.37. The molecule has 6 heteroatoms. The molecular formula is C65H108O6. The van der Waals surface area contributed by atoms with Crippen LogP contribution in [0.2, 0.25) is 0 Å². The minimum Gasteiger partial charge on any atom is -0.462 e. The molecule has 0 aromatic rings. The van der Waals surface area contributed by atoms with Crippen molar-refractivity contribution in [2.24, 2.45) is 0 Å². The predicted octanol–water partition coefficient (Wildman–Crippen LogP) is 19.9. The Bertz CT molecular complexity index is 1460. The van der Waals surface area contributed by atoms with E-state index in [0.717, 1.165) is 122 Å². The highest BCUT2D eigenvalue weighted by Gasteiger charge is 2.19. The Morgan fingerprint density at radius 1 is 0.296 bits per heavy atom. The summed E-state index contributed by atoms with van der Waals surface area (Å²) in [5.74, 6) is -0.952. The van der Waals surface area contributed by atoms with Gasteiger partial charge in [0.05, 0.1) is 0 Å². The van der Waals surface area contributed by atoms with Crippen LogP contribution in [0.3, 0.4) is 0 Å². The van der Waals surface area contributed by atoms with Gasteiger partial charge in [-0.05, 0) is 109 Å². The topological polar surface area (TPSA) is 78.9 Å². The molecule has 0 N–H and O–H groups in total. The van der Waals surface area contributed by atoms with Crippen molar-refractivity contribution in [1.29, 1.82) is 0 Å². The molecule has 0 amide bonds. The summed E-state index contributed by atoms with van der Waals surface area (Å²) in [6.07, 6.45) is 79.3. The normalized spacial score (nSPS) is 12.9. The van der Waals surface area contributed by atoms with E-state index in [1.165, 1.54) is 103 Å². The molecule has 0 rings (SSSR count). The summed E-state index contributed by atoms with van der Waals surface area (Å²) in [6.45, 7) is 6.46. The quantitative estimate of drug-likeness (QED) is 0.0261. The maximum Gasteiger partial charge on any atom is 0.306 e. The number of unbranched alkanes of at least 4 members (excludes halogenated alkanes) is 23. The van der Waals surface area contributed by atoms with Gasteiger partial charge >= 0.3 is 17.9 Å². The summed E-state index contributed by atoms with van der Waals surface area (Å²) in [4.78, 5) is 38.2. The number of carbonyl (C=O) groups excluding carboxylic acids is 3. The van der Waals surface area contributed by atoms with E-state index >= 15 is 0 Å². The summed E-state index contributed by atoms with van der Waals surface area (Å²) < 4.78 is 16.8. The first kappa shape index (κ1) is 67.1. The van der Waals surface area contributed by atoms with E-state index in [1.54, 1.807) is 0 Å². The molecule has 0 saturated heterocycles. The maximum atomic E-state index is 12.9. The van der Waals surface area contributed by atoms with Crippen molar-refractivity contribution < 1.29 is 28.6 Å². The minimum absolute atomic E-state index is 0.0970. The lowest BCUT2D eigenvalue weighted by Gasteiger charge is -2.18. The van der Waals surface area contributed by atoms with E-state index < -0.39 is 6.10 Å². The van der Waals surface area contributed by atoms with Crippen LogP contribution in [0.1, 0.15) is 265 Å². The SMILES string of the molecule is CC/C=C\C/C=C\C/C=C\C/C=C\C/C=C\C/C=C\CCCCC(=O)OCC(COC(=O)CCCCCCCCCCCCCCC)OC(=O)CCCCCCCC/C=C\C/C=C\C/C=C\CCCCC. The van der Waals surface area contributed by atoms with E-state index in [1.807, 2.05) is 0 Å². The van der Waals surface area contributed by atoms with Crippen molar-refractivity contribution in [3.05, 3.63) is 109 Å². The van der Waals surface area contributed by atoms with Crippen LogP contribution in [0.25, 0.3) is 0 Å². The molecule has 0 aromatic carbocycles. The molecule has 6 nitrogen and oxygen atoms in total. The van der Waals surface area contributed by atoms with Crippen LogP contribution in [-0.2, 0) is 28.6 Å². The van der Waals surface area contributed by atoms with Crippen LogP contribution in [0.4, 0.5) is 0 Å². The summed E-state index contributed by atoms with van der Waals surface area (Å²) in [7, 11) is 0. The van der Waals surface area contributed by atoms with E-state index in [9.17, 15) is 14.4 Å². The molecule has 0 bridgehead atoms. The molecular weight excluding hydrogens is 877 g/mol. The third-order valence-electron chi connectivity index (χ3n) is 12.3. The third-order valence-corrected chi connectivity index (χ3v) is 12.3. The number of esters is 3. The number of allylic oxidation sites excluding steroid dienone is 18. The van der Waals surface area contributed by atoms with Crippen molar-refractivity contribution in [2.75, 3.05) is 13.2 Å². The molecule has 0 aliphatic rings. The van der Waals surface area contributed by atoms with Crippen molar-refractivity contribution in [1.82, 2.24) is 0 Å². The Morgan fingerprint density at radius 2 is 0.549 bits per heavy atom. The van der Waals surface area contributed by atoms with Gasteiger partial charge in [0.15, 0.2) is 6.10 Å². The summed E-state index contributed by atoms with van der Waals surface area (Å²) in [5, 5.41) is 0. The zero-order valence-electron chi connectivity index (χ0n) is 46.2. The van der Waals surface area contributed by atoms with Crippen LogP contribution in [-0.4, -0.2) is 37.2 Å². The molecule has 71 heavy (non-hydrogen) atoms. The van der Waals surface area contributed by atoms with Crippen LogP contribution in [0.5, 0.6) is 0 Å². The van der Waals surface area contributed by atoms with Gasteiger partial charge in [-0.15, -0.1) is 0 Å². The maximum absolute atomic E-state index is 12.9. The highest BCUT2D eigenvalue weighted by Crippen LogP contribution is 2.15. The number of rotatable bonds is 52. The van der Waals surface area contributed by atoms with Gasteiger partial charge in [-0.3, -0.25) is 14.4 Å². The monoisotopic (exact) mass is 985 g/mol. The molecule has 1 atom stereocenters. The van der Waals surface area contributed by atoms with Gasteiger partial charge in [0.25, 0.3) is 0 Å². The molecule has 0 aliphatic heterocycles. The standard InChI is InChI=1S/C65H108O6/c1-4-7-10-13-16-19-22-25-27-29-31-32-34-35-37-40-43-46-49-52-55-58-64(67)70-61-62(60-69-63(66)57-54-51-48-45-42-39-24-21-18-15-12-9-6-3)71-65(68)59-56-53-50-47-44-41-38-36-33-30-28-26-23-20-17-14-11-8-5-2/h7,10,16-17,19-20,25-28,31-33,35-37,43,46,62H,4-6,8-9,11-15,18,21-24,29-30,34,38-42,44-45,47-61H2,1-3H3/b10-7-,19-16-,20-17-,27-25-,28-26-,32-31-,36-33-,37-35-,46-43-. The fourth-order valence-corrected chi connectivity index (χ4v) is 7.86. The van der Waals surface area contributed by atoms with Crippen molar-refractivity contribution in [3.8, 4) is 0 Å². The average molecular weight is 986 g/mol. The lowest BCUT2D eigenvalue weighted by atomic mass is 10.0. The second kappa shape index (κ2) is 58.6. The molecule has 0 aliphatic carbocycles. The van der Waals surface area contributed by atoms with E-state index in [-0.39, 0.29) is 31.1 Å². The molecule has 0 saturated carbocycles. The molecule has 0 aromatic heterocycles. The van der Waals surface area contributed by atoms with Gasteiger partial charge in [-0.1, -0.05) is 246 Å². The summed E-state index contributed by atoms with van der Waals surface area (Å²) >= 11 is 0. The highest BCUT2D eigenvalue weighted by molar-refractivity contribution is 5.71. The van der Waals surface area contributed by atoms with E-state index in [2.05, 4.69) is 130 Å². The van der Waals surface area contributed by atoms with Gasteiger partial charge in [-0.2, -0.15) is 0 Å². The second-order valence-electron chi connectivity index (χ2n) is 19.2. The van der Waals surface area contributed by atoms with E-state index in [0.29, 0.717) is 19.3 Å². The Kier molecular flexibility index (Phi) is 55.4. The van der Waals surface area contributed by atoms with Gasteiger partial charge < -0.3 is 14.2 Å². The fourth-order valence-electron chi connectivity index (χ4n) is 7.86. The predicted molar refractivity (Wildman–Crippen MR) is 307 cm³/mol. The van der Waals surface area contributed by atoms with Crippen LogP contribution in [0, 0.1) is 0 Å². The number of ether oxygens (including phenoxy) is 3. The van der Waals surface area contributed by atoms with Crippen molar-refractivity contribution in [2.45, 2.75) is 271 Å². The highest BCUT2D eigenvalue weighted by atomic mass is 16.6. The molecule has 0 spiro atoms. The molecule has 0 fully saturated rings. The number of hydrogen-bond acceptors (Lipinski definition) is 6. The van der Waals surface area contributed by atoms with Gasteiger partial charge in [-0.25, -0.2) is 0 Å². The van der Waals surface area contributed by atoms with Crippen LogP contribution >= 0.6 is 0 Å². The number of hydrogen-bond donors (Lipinski definition) is 0. The largest absolute Gasteiger partial charge is 0.462 e. The van der Waals surface area contributed by atoms with Gasteiger partial charge in [0, 0.05) is 19.3 Å². The molecule has 404 valence electrons. The molecule has 0 radical (unpaired) electrons. The first-order valence-corrected chi connectivity index (χ1v) is 29.4. The smallest absolute Gasteiger partial charge is 0.306 e. The third kappa shape index (κ3) is 56.9. The zero-order chi connectivity index (χ0) is 51.4. The molecule has 0 heterocycles. The minimum atomic E-state index is -0.804. The zero-order valence-corrected chi connectivity index (χ0v) is 46.2. The lowest BCUT2D eigenvalue weighted by Crippen LogP contribution is -2.30. The Balaban J connectivity index is 4.48. The van der Waals surface area contributed by atoms with Gasteiger partial charge in [0.1, 0.15) is 13.2 Å². The second-order valence-corrected chi connectivity index (χ2v) is 19.2. The number of carbonyl (C=O) groups is 3. The molecule has 1 unspecified atom stereocenters. The van der Waals surface area contributed by atoms with E-state index in [4.69, 9.17) is 14.2 Å². The Morgan fingerprint density at radius 3 is 0.915 bits per heavy atom. The lowest BCUT2D eigenvalue weighted by molar-refractivity contribution is -0.167. The fraction of sp³-hybridized carbons (Fsp3) is 0.677.